The number of hydrogen-bond acceptors (Lipinski definition) is 4. The van der Waals surface area contributed by atoms with E-state index in [9.17, 15) is 14.7 Å². The fraction of sp³-hybridized carbons (Fsp3) is 0.429. The Morgan fingerprint density at radius 2 is 2.17 bits per heavy atom. The van der Waals surface area contributed by atoms with Crippen molar-refractivity contribution in [3.8, 4) is 0 Å². The Kier molecular flexibility index (Phi) is 2.57. The second-order valence-electron chi connectivity index (χ2n) is 2.45. The summed E-state index contributed by atoms with van der Waals surface area (Å²) in [6.45, 7) is -0.222. The minimum absolute atomic E-state index is 0.0223. The number of aliphatic hydroxyl groups excluding tert-OH is 2. The molecule has 0 aliphatic carbocycles. The van der Waals surface area contributed by atoms with E-state index in [0.717, 1.165) is 6.08 Å². The number of aliphatic hydroxyl groups is 2. The van der Waals surface area contributed by atoms with E-state index in [4.69, 9.17) is 5.11 Å². The fourth-order valence-electron chi connectivity index (χ4n) is 0.952. The van der Waals surface area contributed by atoms with E-state index in [0.29, 0.717) is 0 Å². The molecule has 1 rings (SSSR count). The molecule has 0 spiro atoms. The zero-order valence-electron chi connectivity index (χ0n) is 6.28. The van der Waals surface area contributed by atoms with Crippen molar-refractivity contribution < 1.29 is 19.8 Å². The van der Waals surface area contributed by atoms with Gasteiger partial charge in [-0.2, -0.15) is 0 Å². The number of hydrogen-bond donors (Lipinski definition) is 3. The van der Waals surface area contributed by atoms with Crippen LogP contribution in [0.2, 0.25) is 0 Å². The van der Waals surface area contributed by atoms with Crippen molar-refractivity contribution in [2.24, 2.45) is 0 Å². The SMILES string of the molecule is O=C1C=C(C(O)CCO)C(=O)N1. The highest BCUT2D eigenvalue weighted by Gasteiger charge is 2.25. The minimum atomic E-state index is -1.05. The molecule has 1 heterocycles. The Morgan fingerprint density at radius 3 is 2.58 bits per heavy atom. The molecule has 0 bridgehead atoms. The Balaban J connectivity index is 2.67. The van der Waals surface area contributed by atoms with Gasteiger partial charge in [-0.3, -0.25) is 14.9 Å². The van der Waals surface area contributed by atoms with Crippen LogP contribution in [0.15, 0.2) is 11.6 Å². The summed E-state index contributed by atoms with van der Waals surface area (Å²) in [5.74, 6) is -1.10. The molecule has 12 heavy (non-hydrogen) atoms. The summed E-state index contributed by atoms with van der Waals surface area (Å²) in [5.41, 5.74) is 0.0223. The molecule has 0 radical (unpaired) electrons. The van der Waals surface area contributed by atoms with Crippen LogP contribution in [-0.2, 0) is 9.59 Å². The predicted octanol–water partition coefficient (Wildman–Crippen LogP) is -1.69. The lowest BCUT2D eigenvalue weighted by Gasteiger charge is -2.06. The maximum atomic E-state index is 10.9. The number of rotatable bonds is 3. The normalized spacial score (nSPS) is 19.0. The van der Waals surface area contributed by atoms with E-state index >= 15 is 0 Å². The molecule has 0 saturated heterocycles. The Hall–Kier alpha value is -1.20. The molecular formula is C7H9NO4. The average Bonchev–Trinajstić information content (AvgIpc) is 2.30. The van der Waals surface area contributed by atoms with Crippen LogP contribution < -0.4 is 5.32 Å². The van der Waals surface area contributed by atoms with E-state index in [2.05, 4.69) is 0 Å². The van der Waals surface area contributed by atoms with E-state index in [1.807, 2.05) is 5.32 Å². The first-order valence-electron chi connectivity index (χ1n) is 3.51. The lowest BCUT2D eigenvalue weighted by Crippen LogP contribution is -2.26. The van der Waals surface area contributed by atoms with Crippen molar-refractivity contribution in [3.05, 3.63) is 11.6 Å². The quantitative estimate of drug-likeness (QED) is 0.442. The smallest absolute Gasteiger partial charge is 0.256 e. The summed E-state index contributed by atoms with van der Waals surface area (Å²) in [4.78, 5) is 21.4. The highest BCUT2D eigenvalue weighted by atomic mass is 16.3. The van der Waals surface area contributed by atoms with Gasteiger partial charge in [-0.05, 0) is 0 Å². The lowest BCUT2D eigenvalue weighted by atomic mass is 10.1. The number of imide groups is 1. The van der Waals surface area contributed by atoms with Gasteiger partial charge in [0.25, 0.3) is 11.8 Å². The summed E-state index contributed by atoms with van der Waals surface area (Å²) >= 11 is 0. The van der Waals surface area contributed by atoms with Gasteiger partial charge in [0.2, 0.25) is 0 Å². The molecular weight excluding hydrogens is 162 g/mol. The first-order chi connectivity index (χ1) is 5.65. The van der Waals surface area contributed by atoms with Crippen molar-refractivity contribution in [2.45, 2.75) is 12.5 Å². The van der Waals surface area contributed by atoms with Gasteiger partial charge in [-0.1, -0.05) is 0 Å². The van der Waals surface area contributed by atoms with Crippen LogP contribution in [0.1, 0.15) is 6.42 Å². The molecule has 5 nitrogen and oxygen atoms in total. The molecule has 0 aromatic rings. The van der Waals surface area contributed by atoms with Crippen molar-refractivity contribution in [1.29, 1.82) is 0 Å². The summed E-state index contributed by atoms with van der Waals surface area (Å²) in [6, 6.07) is 0. The molecule has 3 N–H and O–H groups in total. The predicted molar refractivity (Wildman–Crippen MR) is 38.9 cm³/mol. The molecule has 0 aromatic carbocycles. The molecule has 0 fully saturated rings. The third-order valence-electron chi connectivity index (χ3n) is 1.55. The standard InChI is InChI=1S/C7H9NO4/c9-2-1-5(10)4-3-6(11)8-7(4)12/h3,5,9-10H,1-2H2,(H,8,11,12). The highest BCUT2D eigenvalue weighted by molar-refractivity contribution is 6.16. The first-order valence-corrected chi connectivity index (χ1v) is 3.51. The van der Waals surface area contributed by atoms with Crippen molar-refractivity contribution in [2.75, 3.05) is 6.61 Å². The summed E-state index contributed by atoms with van der Waals surface area (Å²) in [7, 11) is 0. The summed E-state index contributed by atoms with van der Waals surface area (Å²) in [6.07, 6.45) is 0.0521. The van der Waals surface area contributed by atoms with E-state index < -0.39 is 17.9 Å². The molecule has 1 unspecified atom stereocenters. The van der Waals surface area contributed by atoms with Gasteiger partial charge < -0.3 is 10.2 Å². The zero-order chi connectivity index (χ0) is 9.14. The summed E-state index contributed by atoms with van der Waals surface area (Å²) in [5, 5.41) is 19.6. The monoisotopic (exact) mass is 171 g/mol. The number of carbonyl (C=O) groups excluding carboxylic acids is 2. The van der Waals surface area contributed by atoms with Crippen LogP contribution in [0, 0.1) is 0 Å². The molecule has 1 aliphatic heterocycles. The highest BCUT2D eigenvalue weighted by Crippen LogP contribution is 2.10. The van der Waals surface area contributed by atoms with Gasteiger partial charge in [0.15, 0.2) is 0 Å². The third-order valence-corrected chi connectivity index (χ3v) is 1.55. The van der Waals surface area contributed by atoms with Crippen LogP contribution in [0.5, 0.6) is 0 Å². The number of nitrogens with one attached hydrogen (secondary N) is 1. The van der Waals surface area contributed by atoms with Gasteiger partial charge in [0, 0.05) is 19.1 Å². The second-order valence-corrected chi connectivity index (χ2v) is 2.45. The van der Waals surface area contributed by atoms with Gasteiger partial charge in [-0.25, -0.2) is 0 Å². The Morgan fingerprint density at radius 1 is 1.50 bits per heavy atom. The van der Waals surface area contributed by atoms with E-state index in [-0.39, 0.29) is 18.6 Å². The maximum Gasteiger partial charge on any atom is 0.256 e. The van der Waals surface area contributed by atoms with Crippen LogP contribution >= 0.6 is 0 Å². The van der Waals surface area contributed by atoms with Crippen LogP contribution in [0.25, 0.3) is 0 Å². The second kappa shape index (κ2) is 3.46. The van der Waals surface area contributed by atoms with Crippen LogP contribution in [-0.4, -0.2) is 34.7 Å². The zero-order valence-corrected chi connectivity index (χ0v) is 6.28. The minimum Gasteiger partial charge on any atom is -0.396 e. The first kappa shape index (κ1) is 8.89. The number of amides is 2. The molecule has 0 saturated carbocycles. The molecule has 66 valence electrons. The summed E-state index contributed by atoms with van der Waals surface area (Å²) < 4.78 is 0. The van der Waals surface area contributed by atoms with Crippen molar-refractivity contribution in [3.63, 3.8) is 0 Å². The van der Waals surface area contributed by atoms with E-state index in [1.165, 1.54) is 0 Å². The number of carbonyl (C=O) groups is 2. The fourth-order valence-corrected chi connectivity index (χ4v) is 0.952. The van der Waals surface area contributed by atoms with Crippen molar-refractivity contribution in [1.82, 2.24) is 5.32 Å². The topological polar surface area (TPSA) is 86.6 Å². The molecule has 2 amide bonds. The third kappa shape index (κ3) is 1.69. The van der Waals surface area contributed by atoms with Gasteiger partial charge >= 0.3 is 0 Å². The average molecular weight is 171 g/mol. The lowest BCUT2D eigenvalue weighted by molar-refractivity contribution is -0.124. The molecule has 1 atom stereocenters. The Labute approximate surface area is 68.7 Å². The molecule has 1 aliphatic rings. The van der Waals surface area contributed by atoms with E-state index in [1.54, 1.807) is 0 Å². The van der Waals surface area contributed by atoms with Gasteiger partial charge in [0.05, 0.1) is 11.7 Å². The Bertz CT molecular complexity index is 246. The van der Waals surface area contributed by atoms with Gasteiger partial charge in [-0.15, -0.1) is 0 Å². The van der Waals surface area contributed by atoms with Crippen LogP contribution in [0.4, 0.5) is 0 Å². The maximum absolute atomic E-state index is 10.9. The van der Waals surface area contributed by atoms with Crippen LogP contribution in [0.3, 0.4) is 0 Å². The molecule has 5 heteroatoms. The van der Waals surface area contributed by atoms with Gasteiger partial charge in [0.1, 0.15) is 0 Å². The largest absolute Gasteiger partial charge is 0.396 e. The van der Waals surface area contributed by atoms with Crippen molar-refractivity contribution >= 4 is 11.8 Å². The molecule has 0 aromatic heterocycles.